The Labute approximate surface area is 257 Å². The fourth-order valence-corrected chi connectivity index (χ4v) is 7.78. The number of alkyl halides is 1. The second-order valence-electron chi connectivity index (χ2n) is 12.5. The number of phenols is 1. The van der Waals surface area contributed by atoms with E-state index in [1.165, 1.54) is 22.8 Å². The molecule has 4 aliphatic rings. The summed E-state index contributed by atoms with van der Waals surface area (Å²) < 4.78 is 63.5. The number of fused-ring (bicyclic) bond motifs is 5. The monoisotopic (exact) mass is 605 g/mol. The number of hydrogen-bond donors (Lipinski definition) is 2. The average Bonchev–Trinajstić information content (AvgIpc) is 3.66. The van der Waals surface area contributed by atoms with Gasteiger partial charge < -0.3 is 20.1 Å². The number of aryl methyl sites for hydroxylation is 1. The van der Waals surface area contributed by atoms with Gasteiger partial charge in [0.15, 0.2) is 0 Å². The minimum atomic E-state index is -2.48. The number of nitrogens with zero attached hydrogens (tertiary/aromatic N) is 5. The summed E-state index contributed by atoms with van der Waals surface area (Å²) in [4.78, 5) is 27.3. The van der Waals surface area contributed by atoms with Gasteiger partial charge in [-0.2, -0.15) is 9.97 Å². The summed E-state index contributed by atoms with van der Waals surface area (Å²) in [5.74, 6) is -0.0915. The van der Waals surface area contributed by atoms with Crippen LogP contribution in [0.2, 0.25) is 0 Å². The Kier molecular flexibility index (Phi) is 5.77. The Morgan fingerprint density at radius 1 is 1.20 bits per heavy atom. The van der Waals surface area contributed by atoms with Crippen LogP contribution in [0.3, 0.4) is 0 Å². The lowest BCUT2D eigenvalue weighted by Gasteiger charge is -2.34. The Morgan fingerprint density at radius 3 is 2.82 bits per heavy atom. The van der Waals surface area contributed by atoms with E-state index in [9.17, 15) is 14.3 Å². The van der Waals surface area contributed by atoms with Gasteiger partial charge in [-0.15, -0.1) is 0 Å². The molecule has 0 saturated carbocycles. The summed E-state index contributed by atoms with van der Waals surface area (Å²) in [6.07, 6.45) is 2.18. The molecule has 0 radical (unpaired) electrons. The van der Waals surface area contributed by atoms with Crippen LogP contribution in [0, 0.1) is 5.82 Å². The zero-order chi connectivity index (χ0) is 32.9. The first-order chi connectivity index (χ1) is 22.4. The number of phenolic OH excluding ortho intramolecular Hbond substituents is 1. The topological polar surface area (TPSA) is 95.8 Å². The summed E-state index contributed by atoms with van der Waals surface area (Å²) in [7, 11) is 0. The van der Waals surface area contributed by atoms with Crippen LogP contribution in [0.15, 0.2) is 41.3 Å². The maximum Gasteiger partial charge on any atom is 0.319 e. The molecule has 2 bridgehead atoms. The molecule has 4 aliphatic heterocycles. The molecule has 4 aromatic rings. The van der Waals surface area contributed by atoms with Gasteiger partial charge in [-0.3, -0.25) is 14.3 Å². The molecule has 0 aliphatic carbocycles. The summed E-state index contributed by atoms with van der Waals surface area (Å²) in [6.45, 7) is 0.813. The largest absolute Gasteiger partial charge is 0.508 e. The second kappa shape index (κ2) is 10.4. The summed E-state index contributed by atoms with van der Waals surface area (Å²) in [6, 6.07) is 7.65. The molecule has 0 spiro atoms. The highest BCUT2D eigenvalue weighted by molar-refractivity contribution is 5.95. The van der Waals surface area contributed by atoms with E-state index in [0.717, 1.165) is 12.8 Å². The Balaban J connectivity index is 1.31. The SMILES string of the molecule is [2H]C([2H])(Oc1nc(N2C[C@H]3CC[C@@H](C2)N3)c2ccn(-c3cc(O)cc4ccc(F)c(CC)c34)c(=O)c2n1)[C@@]12CCCN1C[C@]([2H])(F)C2. The normalized spacial score (nSPS) is 29.6. The van der Waals surface area contributed by atoms with Crippen LogP contribution < -0.4 is 20.5 Å². The average molecular weight is 606 g/mol. The van der Waals surface area contributed by atoms with Gasteiger partial charge in [0.2, 0.25) is 0 Å². The van der Waals surface area contributed by atoms with E-state index in [1.54, 1.807) is 23.2 Å². The van der Waals surface area contributed by atoms with Crippen molar-refractivity contribution in [2.24, 2.45) is 0 Å². The third-order valence-corrected chi connectivity index (χ3v) is 9.78. The van der Waals surface area contributed by atoms with Crippen LogP contribution >= 0.6 is 0 Å². The number of anilines is 1. The van der Waals surface area contributed by atoms with Crippen molar-refractivity contribution in [3.8, 4) is 17.4 Å². The van der Waals surface area contributed by atoms with Gasteiger partial charge in [0, 0.05) is 55.8 Å². The minimum absolute atomic E-state index is 0.0346. The number of benzene rings is 2. The molecule has 0 amide bonds. The highest BCUT2D eigenvalue weighted by Crippen LogP contribution is 2.41. The molecule has 4 saturated heterocycles. The van der Waals surface area contributed by atoms with Crippen molar-refractivity contribution in [2.75, 3.05) is 37.6 Å². The Hall–Kier alpha value is -3.83. The molecule has 2 N–H and O–H groups in total. The number of nitrogens with one attached hydrogen (secondary N) is 1. The number of piperazine rings is 1. The molecule has 2 aromatic heterocycles. The molecule has 230 valence electrons. The van der Waals surface area contributed by atoms with E-state index in [2.05, 4.69) is 15.2 Å². The maximum absolute atomic E-state index is 15.0. The lowest BCUT2D eigenvalue weighted by Crippen LogP contribution is -2.51. The highest BCUT2D eigenvalue weighted by Gasteiger charge is 2.49. The summed E-state index contributed by atoms with van der Waals surface area (Å²) in [5, 5.41) is 15.7. The van der Waals surface area contributed by atoms with Gasteiger partial charge in [-0.1, -0.05) is 13.0 Å². The molecule has 8 rings (SSSR count). The van der Waals surface area contributed by atoms with Gasteiger partial charge in [-0.25, -0.2) is 8.78 Å². The van der Waals surface area contributed by atoms with Crippen molar-refractivity contribution in [3.63, 3.8) is 0 Å². The molecule has 2 aromatic carbocycles. The first kappa shape index (κ1) is 24.5. The molecule has 0 unspecified atom stereocenters. The predicted octanol–water partition coefficient (Wildman–Crippen LogP) is 4.24. The van der Waals surface area contributed by atoms with Crippen LogP contribution in [0.4, 0.5) is 14.6 Å². The van der Waals surface area contributed by atoms with Crippen LogP contribution in [0.5, 0.6) is 11.8 Å². The van der Waals surface area contributed by atoms with E-state index < -0.39 is 29.6 Å². The van der Waals surface area contributed by atoms with E-state index in [0.29, 0.717) is 66.4 Å². The van der Waals surface area contributed by atoms with Gasteiger partial charge in [0.1, 0.15) is 35.6 Å². The minimum Gasteiger partial charge on any atom is -0.508 e. The molecule has 9 nitrogen and oxygen atoms in total. The number of rotatable bonds is 6. The number of aromatic hydroxyl groups is 1. The molecule has 11 heteroatoms. The van der Waals surface area contributed by atoms with Gasteiger partial charge in [-0.05, 0) is 67.8 Å². The van der Waals surface area contributed by atoms with E-state index in [1.807, 2.05) is 6.92 Å². The molecular weight excluding hydrogens is 566 g/mol. The maximum atomic E-state index is 15.0. The number of hydrogen-bond acceptors (Lipinski definition) is 8. The second-order valence-corrected chi connectivity index (χ2v) is 12.5. The third kappa shape index (κ3) is 4.42. The van der Waals surface area contributed by atoms with Crippen molar-refractivity contribution < 1.29 is 22.7 Å². The Morgan fingerprint density at radius 2 is 2.02 bits per heavy atom. The molecule has 4 fully saturated rings. The zero-order valence-electron chi connectivity index (χ0n) is 27.4. The van der Waals surface area contributed by atoms with Gasteiger partial charge in [0.05, 0.1) is 20.7 Å². The molecule has 6 heterocycles. The zero-order valence-corrected chi connectivity index (χ0v) is 24.4. The van der Waals surface area contributed by atoms with Crippen LogP contribution in [-0.4, -0.2) is 81.0 Å². The fourth-order valence-electron chi connectivity index (χ4n) is 7.78. The van der Waals surface area contributed by atoms with Crippen molar-refractivity contribution in [3.05, 3.63) is 58.3 Å². The van der Waals surface area contributed by atoms with E-state index in [4.69, 9.17) is 13.8 Å². The number of aromatic nitrogens is 3. The Bertz CT molecular complexity index is 1980. The standard InChI is InChI=1S/C33H36F2N6O3/c1-2-24-26(35)7-4-19-12-23(42)13-27(28(19)24)41-11-8-25-29(31(41)43)37-32(38-30(25)39-16-21-5-6-22(17-39)36-21)44-18-33-9-3-10-40(33)15-20(34)14-33/h4,7-8,11-13,20-22,36,42H,2-3,5-6,9-10,14-18H2,1H3/t20-,21-,22+,33+/m1/s1/i18D2,20D. The van der Waals surface area contributed by atoms with Crippen LogP contribution in [0.25, 0.3) is 27.4 Å². The first-order valence-electron chi connectivity index (χ1n) is 16.9. The fraction of sp³-hybridized carbons (Fsp3) is 0.485. The van der Waals surface area contributed by atoms with E-state index >= 15 is 4.39 Å². The quantitative estimate of drug-likeness (QED) is 0.337. The highest BCUT2D eigenvalue weighted by atomic mass is 19.1. The number of halogens is 2. The third-order valence-electron chi connectivity index (χ3n) is 9.78. The summed E-state index contributed by atoms with van der Waals surface area (Å²) >= 11 is 0. The van der Waals surface area contributed by atoms with Crippen LogP contribution in [0.1, 0.15) is 48.7 Å². The van der Waals surface area contributed by atoms with Crippen molar-refractivity contribution >= 4 is 27.5 Å². The van der Waals surface area contributed by atoms with Crippen molar-refractivity contribution in [2.45, 2.75) is 69.2 Å². The molecular formula is C33H36F2N6O3. The lowest BCUT2D eigenvalue weighted by molar-refractivity contribution is 0.107. The lowest BCUT2D eigenvalue weighted by atomic mass is 9.95. The number of ether oxygens (including phenoxy) is 1. The van der Waals surface area contributed by atoms with Crippen molar-refractivity contribution in [1.29, 1.82) is 0 Å². The van der Waals surface area contributed by atoms with Gasteiger partial charge in [0.25, 0.3) is 5.56 Å². The smallest absolute Gasteiger partial charge is 0.319 e. The molecule has 44 heavy (non-hydrogen) atoms. The number of pyridine rings is 1. The first-order valence-corrected chi connectivity index (χ1v) is 15.4. The predicted molar refractivity (Wildman–Crippen MR) is 164 cm³/mol. The molecule has 4 atom stereocenters. The van der Waals surface area contributed by atoms with Crippen molar-refractivity contribution in [1.82, 2.24) is 24.8 Å². The summed E-state index contributed by atoms with van der Waals surface area (Å²) in [5.41, 5.74) is -1.32. The van der Waals surface area contributed by atoms with Crippen LogP contribution in [-0.2, 0) is 6.42 Å². The van der Waals surface area contributed by atoms with Gasteiger partial charge >= 0.3 is 6.01 Å². The van der Waals surface area contributed by atoms with E-state index in [-0.39, 0.29) is 48.0 Å².